The molecule has 2 nitrogen and oxygen atoms in total. The van der Waals surface area contributed by atoms with Crippen molar-refractivity contribution in [1.29, 1.82) is 0 Å². The van der Waals surface area contributed by atoms with E-state index in [-0.39, 0.29) is 16.4 Å². The number of hydrogen-bond acceptors (Lipinski definition) is 2. The van der Waals surface area contributed by atoms with Crippen molar-refractivity contribution in [1.82, 2.24) is 0 Å². The Hall–Kier alpha value is -5.34. The summed E-state index contributed by atoms with van der Waals surface area (Å²) < 4.78 is 0. The number of rotatable bonds is 6. The Bertz CT molecular complexity index is 2590. The highest BCUT2D eigenvalue weighted by Crippen LogP contribution is 2.50. The van der Waals surface area contributed by atoms with Crippen molar-refractivity contribution >= 4 is 56.1 Å². The van der Waals surface area contributed by atoms with E-state index in [2.05, 4.69) is 213 Å². The van der Waals surface area contributed by atoms with Gasteiger partial charge in [0.15, 0.2) is 0 Å². The summed E-state index contributed by atoms with van der Waals surface area (Å²) in [5.41, 5.74) is 15.2. The van der Waals surface area contributed by atoms with Crippen LogP contribution in [0.5, 0.6) is 0 Å². The first-order valence-corrected chi connectivity index (χ1v) is 20.0. The monoisotopic (exact) mass is 720 g/mol. The van der Waals surface area contributed by atoms with Crippen molar-refractivity contribution in [2.45, 2.75) is 99.0 Å². The third kappa shape index (κ3) is 6.11. The largest absolute Gasteiger partial charge is 0.331 e. The maximum atomic E-state index is 2.65. The van der Waals surface area contributed by atoms with Crippen LogP contribution in [0.25, 0.3) is 27.6 Å². The van der Waals surface area contributed by atoms with Crippen molar-refractivity contribution in [2.24, 2.45) is 0 Å². The van der Waals surface area contributed by atoms with Gasteiger partial charge in [-0.1, -0.05) is 139 Å². The second-order valence-electron chi connectivity index (χ2n) is 18.3. The van der Waals surface area contributed by atoms with Crippen LogP contribution in [-0.4, -0.2) is 0 Å². The molecule has 278 valence electrons. The molecule has 1 aliphatic carbocycles. The molecule has 0 fully saturated rings. The number of para-hydroxylation sites is 2. The van der Waals surface area contributed by atoms with Crippen molar-refractivity contribution in [3.63, 3.8) is 0 Å². The molecule has 1 unspecified atom stereocenters. The summed E-state index contributed by atoms with van der Waals surface area (Å²) in [5, 5.41) is 6.56. The Morgan fingerprint density at radius 1 is 0.527 bits per heavy atom. The molecule has 0 amide bonds. The van der Waals surface area contributed by atoms with Gasteiger partial charge in [0.05, 0.1) is 16.9 Å². The number of nitrogens with zero attached hydrogens (tertiary/aromatic N) is 2. The van der Waals surface area contributed by atoms with Gasteiger partial charge in [0, 0.05) is 22.4 Å². The first kappa shape index (κ1) is 36.6. The van der Waals surface area contributed by atoms with Crippen LogP contribution in [0.3, 0.4) is 0 Å². The van der Waals surface area contributed by atoms with Crippen LogP contribution in [0.1, 0.15) is 93.8 Å². The molecule has 0 N–H and O–H groups in total. The Morgan fingerprint density at radius 3 is 1.58 bits per heavy atom. The molecular weight excluding hydrogens is 665 g/mol. The van der Waals surface area contributed by atoms with Gasteiger partial charge in [-0.05, 0) is 143 Å². The summed E-state index contributed by atoms with van der Waals surface area (Å²) >= 11 is 0. The lowest BCUT2D eigenvalue weighted by molar-refractivity contribution is 0.498. The third-order valence-corrected chi connectivity index (χ3v) is 12.1. The van der Waals surface area contributed by atoms with Crippen LogP contribution < -0.4 is 15.0 Å². The lowest BCUT2D eigenvalue weighted by Crippen LogP contribution is -2.44. The molecule has 7 aromatic rings. The Kier molecular flexibility index (Phi) is 8.76. The highest BCUT2D eigenvalue weighted by molar-refractivity contribution is 6.17. The van der Waals surface area contributed by atoms with Crippen LogP contribution in [0.2, 0.25) is 0 Å². The number of benzene rings is 7. The molecule has 0 aromatic heterocycles. The molecule has 0 bridgehead atoms. The topological polar surface area (TPSA) is 6.48 Å². The summed E-state index contributed by atoms with van der Waals surface area (Å²) in [6.45, 7) is 25.5. The van der Waals surface area contributed by atoms with E-state index in [0.717, 1.165) is 12.1 Å². The second-order valence-corrected chi connectivity index (χ2v) is 18.3. The van der Waals surface area contributed by atoms with Gasteiger partial charge in [-0.15, -0.1) is 0 Å². The summed E-state index contributed by atoms with van der Waals surface area (Å²) in [6, 6.07) is 45.8. The minimum absolute atomic E-state index is 0.0666. The molecule has 0 aliphatic heterocycles. The van der Waals surface area contributed by atoms with Gasteiger partial charge in [0.2, 0.25) is 0 Å². The summed E-state index contributed by atoms with van der Waals surface area (Å²) in [6.07, 6.45) is 3.39. The zero-order valence-electron chi connectivity index (χ0n) is 34.7. The second kappa shape index (κ2) is 13.2. The zero-order chi connectivity index (χ0) is 39.0. The fourth-order valence-electron chi connectivity index (χ4n) is 9.29. The first-order chi connectivity index (χ1) is 26.1. The van der Waals surface area contributed by atoms with Gasteiger partial charge in [-0.3, -0.25) is 0 Å². The van der Waals surface area contributed by atoms with Crippen LogP contribution in [0.4, 0.5) is 28.4 Å². The molecule has 55 heavy (non-hydrogen) atoms. The first-order valence-electron chi connectivity index (χ1n) is 20.0. The summed E-state index contributed by atoms with van der Waals surface area (Å²) in [7, 11) is 0. The molecule has 7 aromatic carbocycles. The van der Waals surface area contributed by atoms with Crippen LogP contribution in [0, 0.1) is 27.7 Å². The normalized spacial score (nSPS) is 15.7. The maximum Gasteiger partial charge on any atom is 0.0715 e. The van der Waals surface area contributed by atoms with Gasteiger partial charge >= 0.3 is 0 Å². The fraction of sp³-hybridized carbons (Fsp3) is 0.283. The Morgan fingerprint density at radius 2 is 1.04 bits per heavy atom. The Balaban J connectivity index is 1.39. The molecule has 0 radical (unpaired) electrons. The highest BCUT2D eigenvalue weighted by atomic mass is 15.2. The maximum absolute atomic E-state index is 2.65. The van der Waals surface area contributed by atoms with E-state index in [1.165, 1.54) is 88.5 Å². The van der Waals surface area contributed by atoms with Gasteiger partial charge in [0.25, 0.3) is 0 Å². The van der Waals surface area contributed by atoms with E-state index in [0.29, 0.717) is 0 Å². The van der Waals surface area contributed by atoms with Crippen molar-refractivity contribution in [2.75, 3.05) is 9.80 Å². The predicted octanol–water partition coefficient (Wildman–Crippen LogP) is 14.2. The SMILES string of the molecule is Cc1cc(C(C)(C)C)cc(C)c1N(c1ccccc1)c1ccc2ccc3c4c(ccc1c24)=CCC3(C)N(c1ccccc1)c1c(C)cc(C(C)(C)C)cc1C. The van der Waals surface area contributed by atoms with E-state index >= 15 is 0 Å². The lowest BCUT2D eigenvalue weighted by Gasteiger charge is -2.46. The quantitative estimate of drug-likeness (QED) is 0.169. The number of anilines is 5. The average Bonchev–Trinajstić information content (AvgIpc) is 3.14. The van der Waals surface area contributed by atoms with Gasteiger partial charge in [0.1, 0.15) is 0 Å². The summed E-state index contributed by atoms with van der Waals surface area (Å²) in [4.78, 5) is 5.16. The average molecular weight is 721 g/mol. The molecule has 2 heteroatoms. The van der Waals surface area contributed by atoms with Crippen molar-refractivity contribution in [3.8, 4) is 0 Å². The fourth-order valence-corrected chi connectivity index (χ4v) is 9.29. The van der Waals surface area contributed by atoms with Crippen molar-refractivity contribution < 1.29 is 0 Å². The lowest BCUT2D eigenvalue weighted by atomic mass is 9.76. The number of hydrogen-bond donors (Lipinski definition) is 0. The zero-order valence-corrected chi connectivity index (χ0v) is 34.7. The van der Waals surface area contributed by atoms with Gasteiger partial charge in [-0.25, -0.2) is 0 Å². The van der Waals surface area contributed by atoms with E-state index < -0.39 is 0 Å². The van der Waals surface area contributed by atoms with Crippen molar-refractivity contribution in [3.05, 3.63) is 165 Å². The van der Waals surface area contributed by atoms with Crippen LogP contribution in [0.15, 0.2) is 121 Å². The predicted molar refractivity (Wildman–Crippen MR) is 239 cm³/mol. The highest BCUT2D eigenvalue weighted by Gasteiger charge is 2.39. The Labute approximate surface area is 329 Å². The van der Waals surface area contributed by atoms with Gasteiger partial charge < -0.3 is 9.80 Å². The summed E-state index contributed by atoms with van der Waals surface area (Å²) in [5.74, 6) is 0. The minimum atomic E-state index is -0.347. The molecule has 0 heterocycles. The molecule has 0 saturated carbocycles. The van der Waals surface area contributed by atoms with Gasteiger partial charge in [-0.2, -0.15) is 0 Å². The van der Waals surface area contributed by atoms with E-state index in [4.69, 9.17) is 0 Å². The van der Waals surface area contributed by atoms with E-state index in [1.54, 1.807) is 0 Å². The number of aryl methyl sites for hydroxylation is 4. The van der Waals surface area contributed by atoms with Crippen LogP contribution >= 0.6 is 0 Å². The molecule has 0 spiro atoms. The van der Waals surface area contributed by atoms with E-state index in [1.807, 2.05) is 0 Å². The molecule has 0 saturated heterocycles. The minimum Gasteiger partial charge on any atom is -0.331 e. The van der Waals surface area contributed by atoms with Crippen LogP contribution in [-0.2, 0) is 16.4 Å². The molecule has 1 aliphatic rings. The molecule has 1 atom stereocenters. The van der Waals surface area contributed by atoms with E-state index in [9.17, 15) is 0 Å². The molecular formula is C53H56N2. The standard InChI is InChI=1S/C53H56N2/c1-34-30-40(51(5,6)7)31-35(2)49(34)54(42-18-14-12-15-19-42)46-27-24-38-23-26-45-48-39(22-25-44(46)47(38)48)28-29-53(45,11)55(43-20-16-13-17-21-43)50-36(3)32-41(33-37(50)4)52(8,9)10/h12-28,30-33H,29H2,1-11H3. The smallest absolute Gasteiger partial charge is 0.0715 e. The molecule has 8 rings (SSSR count). The third-order valence-electron chi connectivity index (χ3n) is 12.1.